The summed E-state index contributed by atoms with van der Waals surface area (Å²) in [6.45, 7) is 7.84. The highest BCUT2D eigenvalue weighted by molar-refractivity contribution is 5.71. The quantitative estimate of drug-likeness (QED) is 0.547. The molecule has 0 radical (unpaired) electrons. The Morgan fingerprint density at radius 1 is 1.45 bits per heavy atom. The summed E-state index contributed by atoms with van der Waals surface area (Å²) in [6, 6.07) is 0. The smallest absolute Gasteiger partial charge is 0.0420 e. The van der Waals surface area contributed by atoms with Crippen molar-refractivity contribution in [3.05, 3.63) is 23.9 Å². The second-order valence-electron chi connectivity index (χ2n) is 3.17. The molecule has 1 nitrogen and oxygen atoms in total. The molecule has 1 saturated carbocycles. The van der Waals surface area contributed by atoms with Crippen molar-refractivity contribution in [2.45, 2.75) is 26.7 Å². The molecule has 0 aliphatic heterocycles. The van der Waals surface area contributed by atoms with Gasteiger partial charge in [-0.3, -0.25) is 4.99 Å². The summed E-state index contributed by atoms with van der Waals surface area (Å²) in [5.41, 5.74) is 2.61. The van der Waals surface area contributed by atoms with E-state index < -0.39 is 0 Å². The van der Waals surface area contributed by atoms with Crippen LogP contribution < -0.4 is 0 Å². The van der Waals surface area contributed by atoms with E-state index in [9.17, 15) is 0 Å². The van der Waals surface area contributed by atoms with Gasteiger partial charge < -0.3 is 0 Å². The molecule has 0 amide bonds. The molecule has 0 aromatic carbocycles. The number of allylic oxidation sites excluding steroid dienone is 3. The predicted molar refractivity (Wildman–Crippen MR) is 49.8 cm³/mol. The Balaban J connectivity index is 2.67. The van der Waals surface area contributed by atoms with E-state index in [1.165, 1.54) is 24.1 Å². The summed E-state index contributed by atoms with van der Waals surface area (Å²) in [4.78, 5) is 4.34. The Labute approximate surface area is 68.5 Å². The van der Waals surface area contributed by atoms with Crippen molar-refractivity contribution in [3.8, 4) is 0 Å². The lowest BCUT2D eigenvalue weighted by Gasteiger charge is -1.99. The third-order valence-electron chi connectivity index (χ3n) is 1.80. The second kappa shape index (κ2) is 3.51. The minimum absolute atomic E-state index is 0.746. The van der Waals surface area contributed by atoms with E-state index in [2.05, 4.69) is 25.4 Å². The molecule has 11 heavy (non-hydrogen) atoms. The minimum atomic E-state index is 0.746. The molecular weight excluding hydrogens is 134 g/mol. The molecule has 0 spiro atoms. The molecule has 0 atom stereocenters. The summed E-state index contributed by atoms with van der Waals surface area (Å²) in [6.07, 6.45) is 6.13. The fourth-order valence-corrected chi connectivity index (χ4v) is 1.13. The van der Waals surface area contributed by atoms with E-state index in [0.29, 0.717) is 0 Å². The molecule has 0 unspecified atom stereocenters. The molecule has 0 N–H and O–H groups in total. The number of nitrogens with zero attached hydrogens (tertiary/aromatic N) is 1. The molecule has 1 aliphatic rings. The van der Waals surface area contributed by atoms with Crippen LogP contribution in [0.15, 0.2) is 28.9 Å². The van der Waals surface area contributed by atoms with Crippen LogP contribution in [0.2, 0.25) is 0 Å². The van der Waals surface area contributed by atoms with Crippen LogP contribution in [0.1, 0.15) is 26.7 Å². The summed E-state index contributed by atoms with van der Waals surface area (Å²) in [7, 11) is 0. The molecule has 0 bridgehead atoms. The van der Waals surface area contributed by atoms with Gasteiger partial charge in [0.05, 0.1) is 0 Å². The number of rotatable bonds is 3. The van der Waals surface area contributed by atoms with Crippen LogP contribution in [0.25, 0.3) is 0 Å². The molecule has 0 aromatic rings. The maximum absolute atomic E-state index is 4.34. The topological polar surface area (TPSA) is 12.4 Å². The van der Waals surface area contributed by atoms with Gasteiger partial charge in [0.2, 0.25) is 0 Å². The first kappa shape index (κ1) is 8.25. The lowest BCUT2D eigenvalue weighted by Crippen LogP contribution is -1.85. The van der Waals surface area contributed by atoms with Crippen LogP contribution in [-0.4, -0.2) is 6.21 Å². The fourth-order valence-electron chi connectivity index (χ4n) is 1.13. The van der Waals surface area contributed by atoms with Gasteiger partial charge in [0, 0.05) is 17.8 Å². The summed E-state index contributed by atoms with van der Waals surface area (Å²) in [5.74, 6) is 0.746. The average molecular weight is 149 g/mol. The van der Waals surface area contributed by atoms with E-state index in [0.717, 1.165) is 5.92 Å². The monoisotopic (exact) mass is 149 g/mol. The van der Waals surface area contributed by atoms with Crippen LogP contribution >= 0.6 is 0 Å². The highest BCUT2D eigenvalue weighted by atomic mass is 14.8. The zero-order chi connectivity index (χ0) is 8.27. The Bertz CT molecular complexity index is 203. The molecule has 60 valence electrons. The molecule has 1 fully saturated rings. The third-order valence-corrected chi connectivity index (χ3v) is 1.80. The van der Waals surface area contributed by atoms with E-state index >= 15 is 0 Å². The SMILES string of the molecule is C=CC=NC(=C(C)C)C1CC1. The normalized spacial score (nSPS) is 16.9. The molecule has 1 rings (SSSR count). The first-order chi connectivity index (χ1) is 5.25. The van der Waals surface area contributed by atoms with Gasteiger partial charge in [0.25, 0.3) is 0 Å². The van der Waals surface area contributed by atoms with Crippen molar-refractivity contribution >= 4 is 6.21 Å². The number of aliphatic imine (C=N–C) groups is 1. The highest BCUT2D eigenvalue weighted by Crippen LogP contribution is 2.38. The lowest BCUT2D eigenvalue weighted by molar-refractivity contribution is 0.950. The zero-order valence-electron chi connectivity index (χ0n) is 7.30. The zero-order valence-corrected chi connectivity index (χ0v) is 7.30. The maximum Gasteiger partial charge on any atom is 0.0420 e. The molecule has 1 heteroatoms. The van der Waals surface area contributed by atoms with Crippen LogP contribution in [0.5, 0.6) is 0 Å². The van der Waals surface area contributed by atoms with Gasteiger partial charge in [-0.15, -0.1) is 0 Å². The summed E-state index contributed by atoms with van der Waals surface area (Å²) < 4.78 is 0. The number of hydrogen-bond donors (Lipinski definition) is 0. The van der Waals surface area contributed by atoms with Gasteiger partial charge >= 0.3 is 0 Å². The fraction of sp³-hybridized carbons (Fsp3) is 0.500. The Hall–Kier alpha value is -0.850. The average Bonchev–Trinajstić information content (AvgIpc) is 2.71. The van der Waals surface area contributed by atoms with Crippen LogP contribution in [0, 0.1) is 5.92 Å². The van der Waals surface area contributed by atoms with E-state index in [1.807, 2.05) is 0 Å². The number of hydrogen-bond acceptors (Lipinski definition) is 1. The van der Waals surface area contributed by atoms with E-state index in [-0.39, 0.29) is 0 Å². The molecule has 1 aliphatic carbocycles. The standard InChI is InChI=1S/C10H15N/c1-4-7-11-10(8(2)3)9-5-6-9/h4,7,9H,1,5-6H2,2-3H3. The van der Waals surface area contributed by atoms with Gasteiger partial charge in [0.1, 0.15) is 0 Å². The van der Waals surface area contributed by atoms with E-state index in [4.69, 9.17) is 0 Å². The van der Waals surface area contributed by atoms with Crippen molar-refractivity contribution in [1.29, 1.82) is 0 Å². The maximum atomic E-state index is 4.34. The summed E-state index contributed by atoms with van der Waals surface area (Å²) >= 11 is 0. The van der Waals surface area contributed by atoms with E-state index in [1.54, 1.807) is 12.3 Å². The Morgan fingerprint density at radius 2 is 2.09 bits per heavy atom. The first-order valence-corrected chi connectivity index (χ1v) is 4.08. The molecule has 0 saturated heterocycles. The van der Waals surface area contributed by atoms with Crippen molar-refractivity contribution in [2.24, 2.45) is 10.9 Å². The summed E-state index contributed by atoms with van der Waals surface area (Å²) in [5, 5.41) is 0. The minimum Gasteiger partial charge on any atom is -0.261 e. The highest BCUT2D eigenvalue weighted by Gasteiger charge is 2.26. The van der Waals surface area contributed by atoms with Crippen molar-refractivity contribution in [2.75, 3.05) is 0 Å². The van der Waals surface area contributed by atoms with Crippen molar-refractivity contribution < 1.29 is 0 Å². The Kier molecular flexibility index (Phi) is 2.64. The van der Waals surface area contributed by atoms with Gasteiger partial charge in [0.15, 0.2) is 0 Å². The lowest BCUT2D eigenvalue weighted by atomic mass is 10.2. The predicted octanol–water partition coefficient (Wildman–Crippen LogP) is 2.95. The van der Waals surface area contributed by atoms with Crippen molar-refractivity contribution in [3.63, 3.8) is 0 Å². The van der Waals surface area contributed by atoms with Gasteiger partial charge in [-0.05, 0) is 26.7 Å². The van der Waals surface area contributed by atoms with Crippen LogP contribution in [0.4, 0.5) is 0 Å². The van der Waals surface area contributed by atoms with Gasteiger partial charge in [-0.25, -0.2) is 0 Å². The molecule has 0 aromatic heterocycles. The second-order valence-corrected chi connectivity index (χ2v) is 3.17. The van der Waals surface area contributed by atoms with Gasteiger partial charge in [-0.1, -0.05) is 18.2 Å². The third kappa shape index (κ3) is 2.34. The van der Waals surface area contributed by atoms with Crippen LogP contribution in [-0.2, 0) is 0 Å². The largest absolute Gasteiger partial charge is 0.261 e. The molecule has 0 heterocycles. The first-order valence-electron chi connectivity index (χ1n) is 4.08. The Morgan fingerprint density at radius 3 is 2.45 bits per heavy atom. The van der Waals surface area contributed by atoms with Crippen LogP contribution in [0.3, 0.4) is 0 Å². The molecular formula is C10H15N. The van der Waals surface area contributed by atoms with Crippen molar-refractivity contribution in [1.82, 2.24) is 0 Å². The van der Waals surface area contributed by atoms with Gasteiger partial charge in [-0.2, -0.15) is 0 Å².